The van der Waals surface area contributed by atoms with E-state index in [9.17, 15) is 23.6 Å². The maximum atomic E-state index is 13.8. The van der Waals surface area contributed by atoms with E-state index in [1.807, 2.05) is 0 Å². The van der Waals surface area contributed by atoms with Crippen LogP contribution in [0.25, 0.3) is 0 Å². The summed E-state index contributed by atoms with van der Waals surface area (Å²) in [5, 5.41) is 2.45. The molecule has 1 heterocycles. The first-order valence-corrected chi connectivity index (χ1v) is 8.98. The van der Waals surface area contributed by atoms with Gasteiger partial charge in [-0.2, -0.15) is 0 Å². The van der Waals surface area contributed by atoms with Crippen molar-refractivity contribution in [1.82, 2.24) is 10.2 Å². The first kappa shape index (κ1) is 20.2. The maximum absolute atomic E-state index is 13.8. The number of esters is 1. The van der Waals surface area contributed by atoms with Gasteiger partial charge in [0.15, 0.2) is 6.73 Å². The van der Waals surface area contributed by atoms with E-state index in [0.717, 1.165) is 11.0 Å². The van der Waals surface area contributed by atoms with Crippen molar-refractivity contribution < 1.29 is 28.3 Å². The Labute approximate surface area is 166 Å². The van der Waals surface area contributed by atoms with Gasteiger partial charge in [-0.25, -0.2) is 14.1 Å². The van der Waals surface area contributed by atoms with E-state index >= 15 is 0 Å². The molecule has 0 fully saturated rings. The molecule has 0 saturated heterocycles. The molecular formula is C21H19FN2O5. The number of hydrogen-bond donors (Lipinski definition) is 1. The van der Waals surface area contributed by atoms with Gasteiger partial charge in [-0.3, -0.25) is 14.4 Å². The van der Waals surface area contributed by atoms with Crippen LogP contribution in [0.4, 0.5) is 4.39 Å². The molecule has 0 unspecified atom stereocenters. The number of benzene rings is 2. The molecule has 1 atom stereocenters. The second-order valence-corrected chi connectivity index (χ2v) is 6.85. The van der Waals surface area contributed by atoms with Crippen molar-refractivity contribution in [2.24, 2.45) is 5.92 Å². The van der Waals surface area contributed by atoms with Gasteiger partial charge >= 0.3 is 5.97 Å². The van der Waals surface area contributed by atoms with Gasteiger partial charge in [-0.05, 0) is 30.2 Å². The molecule has 0 spiro atoms. The Morgan fingerprint density at radius 1 is 1.00 bits per heavy atom. The first-order chi connectivity index (χ1) is 13.8. The van der Waals surface area contributed by atoms with E-state index in [-0.39, 0.29) is 22.6 Å². The Kier molecular flexibility index (Phi) is 5.72. The van der Waals surface area contributed by atoms with Crippen molar-refractivity contribution in [2.45, 2.75) is 19.9 Å². The van der Waals surface area contributed by atoms with Crippen LogP contribution in [0, 0.1) is 11.7 Å². The molecule has 0 aromatic heterocycles. The maximum Gasteiger partial charge on any atom is 0.330 e. The fourth-order valence-corrected chi connectivity index (χ4v) is 2.94. The minimum absolute atomic E-state index is 0.203. The molecule has 1 aliphatic heterocycles. The predicted molar refractivity (Wildman–Crippen MR) is 100 cm³/mol. The van der Waals surface area contributed by atoms with Gasteiger partial charge in [0.05, 0.1) is 16.7 Å². The van der Waals surface area contributed by atoms with Gasteiger partial charge in [0.25, 0.3) is 17.7 Å². The Bertz CT molecular complexity index is 954. The molecule has 7 nitrogen and oxygen atoms in total. The van der Waals surface area contributed by atoms with Crippen molar-refractivity contribution in [2.75, 3.05) is 6.73 Å². The number of imide groups is 1. The summed E-state index contributed by atoms with van der Waals surface area (Å²) in [7, 11) is 0. The topological polar surface area (TPSA) is 92.8 Å². The highest BCUT2D eigenvalue weighted by atomic mass is 19.1. The van der Waals surface area contributed by atoms with Crippen LogP contribution < -0.4 is 5.32 Å². The van der Waals surface area contributed by atoms with Crippen LogP contribution in [-0.2, 0) is 9.53 Å². The Balaban J connectivity index is 1.67. The molecule has 3 amide bonds. The number of carbonyl (C=O) groups excluding carboxylic acids is 4. The summed E-state index contributed by atoms with van der Waals surface area (Å²) in [6.07, 6.45) is 0. The first-order valence-electron chi connectivity index (χ1n) is 8.98. The van der Waals surface area contributed by atoms with Crippen LogP contribution in [0.5, 0.6) is 0 Å². The van der Waals surface area contributed by atoms with Crippen molar-refractivity contribution >= 4 is 23.7 Å². The summed E-state index contributed by atoms with van der Waals surface area (Å²) in [5.41, 5.74) is 0.273. The summed E-state index contributed by atoms with van der Waals surface area (Å²) < 4.78 is 18.9. The zero-order chi connectivity index (χ0) is 21.1. The standard InChI is InChI=1S/C21H19FN2O5/c1-12(2)17(23-18(25)15-9-5-6-10-16(15)22)21(28)29-11-24-19(26)13-7-3-4-8-14(13)20(24)27/h3-10,12,17H,11H2,1-2H3,(H,23,25)/t17-/m0/s1. The van der Waals surface area contributed by atoms with Gasteiger partial charge in [0.2, 0.25) is 0 Å². The van der Waals surface area contributed by atoms with E-state index in [1.165, 1.54) is 30.3 Å². The summed E-state index contributed by atoms with van der Waals surface area (Å²) >= 11 is 0. The normalized spacial score (nSPS) is 14.0. The highest BCUT2D eigenvalue weighted by Gasteiger charge is 2.36. The fraction of sp³-hybridized carbons (Fsp3) is 0.238. The lowest BCUT2D eigenvalue weighted by Crippen LogP contribution is -2.47. The SMILES string of the molecule is CC(C)[C@H](NC(=O)c1ccccc1F)C(=O)OCN1C(=O)c2ccccc2C1=O. The molecular weight excluding hydrogens is 379 g/mol. The van der Waals surface area contributed by atoms with E-state index < -0.39 is 42.3 Å². The Morgan fingerprint density at radius 3 is 2.10 bits per heavy atom. The third-order valence-electron chi connectivity index (χ3n) is 4.54. The highest BCUT2D eigenvalue weighted by molar-refractivity contribution is 6.21. The number of nitrogens with one attached hydrogen (secondary N) is 1. The third kappa shape index (κ3) is 4.01. The molecule has 0 radical (unpaired) electrons. The molecule has 0 bridgehead atoms. The fourth-order valence-electron chi connectivity index (χ4n) is 2.94. The minimum Gasteiger partial charge on any atom is -0.442 e. The molecule has 1 aliphatic rings. The van der Waals surface area contributed by atoms with Crippen molar-refractivity contribution in [3.63, 3.8) is 0 Å². The van der Waals surface area contributed by atoms with Crippen molar-refractivity contribution in [1.29, 1.82) is 0 Å². The van der Waals surface area contributed by atoms with Crippen LogP contribution in [0.1, 0.15) is 44.9 Å². The van der Waals surface area contributed by atoms with E-state index in [0.29, 0.717) is 0 Å². The number of halogens is 1. The lowest BCUT2D eigenvalue weighted by Gasteiger charge is -2.22. The van der Waals surface area contributed by atoms with Gasteiger partial charge in [-0.15, -0.1) is 0 Å². The predicted octanol–water partition coefficient (Wildman–Crippen LogP) is 2.38. The molecule has 0 saturated carbocycles. The highest BCUT2D eigenvalue weighted by Crippen LogP contribution is 2.22. The van der Waals surface area contributed by atoms with Crippen molar-refractivity contribution in [3.8, 4) is 0 Å². The number of rotatable bonds is 6. The minimum atomic E-state index is -1.09. The monoisotopic (exact) mass is 398 g/mol. The van der Waals surface area contributed by atoms with Crippen LogP contribution in [0.15, 0.2) is 48.5 Å². The van der Waals surface area contributed by atoms with Crippen molar-refractivity contribution in [3.05, 3.63) is 71.0 Å². The molecule has 0 aliphatic carbocycles. The molecule has 8 heteroatoms. The van der Waals surface area contributed by atoms with Crippen LogP contribution in [0.3, 0.4) is 0 Å². The average Bonchev–Trinajstić information content (AvgIpc) is 2.94. The third-order valence-corrected chi connectivity index (χ3v) is 4.54. The summed E-state index contributed by atoms with van der Waals surface area (Å²) in [6.45, 7) is 2.77. The Morgan fingerprint density at radius 2 is 1.55 bits per heavy atom. The second-order valence-electron chi connectivity index (χ2n) is 6.85. The summed E-state index contributed by atoms with van der Waals surface area (Å²) in [4.78, 5) is 50.3. The largest absolute Gasteiger partial charge is 0.442 e. The second kappa shape index (κ2) is 8.22. The van der Waals surface area contributed by atoms with Crippen LogP contribution >= 0.6 is 0 Å². The van der Waals surface area contributed by atoms with Crippen LogP contribution in [-0.4, -0.2) is 41.4 Å². The number of nitrogens with zero attached hydrogens (tertiary/aromatic N) is 1. The molecule has 1 N–H and O–H groups in total. The van der Waals surface area contributed by atoms with Gasteiger partial charge < -0.3 is 10.1 Å². The summed E-state index contributed by atoms with van der Waals surface area (Å²) in [6, 6.07) is 10.6. The van der Waals surface area contributed by atoms with Crippen LogP contribution in [0.2, 0.25) is 0 Å². The van der Waals surface area contributed by atoms with E-state index in [4.69, 9.17) is 4.74 Å². The zero-order valence-corrected chi connectivity index (χ0v) is 15.8. The van der Waals surface area contributed by atoms with E-state index in [1.54, 1.807) is 26.0 Å². The molecule has 150 valence electrons. The van der Waals surface area contributed by atoms with Gasteiger partial charge in [0.1, 0.15) is 11.9 Å². The molecule has 29 heavy (non-hydrogen) atoms. The van der Waals surface area contributed by atoms with Gasteiger partial charge in [0, 0.05) is 0 Å². The summed E-state index contributed by atoms with van der Waals surface area (Å²) in [5.74, 6) is -3.81. The molecule has 3 rings (SSSR count). The zero-order valence-electron chi connectivity index (χ0n) is 15.8. The van der Waals surface area contributed by atoms with Gasteiger partial charge in [-0.1, -0.05) is 38.1 Å². The lowest BCUT2D eigenvalue weighted by molar-refractivity contribution is -0.149. The van der Waals surface area contributed by atoms with E-state index in [2.05, 4.69) is 5.32 Å². The smallest absolute Gasteiger partial charge is 0.330 e. The number of hydrogen-bond acceptors (Lipinski definition) is 5. The number of ether oxygens (including phenoxy) is 1. The lowest BCUT2D eigenvalue weighted by atomic mass is 10.0. The average molecular weight is 398 g/mol. The quantitative estimate of drug-likeness (QED) is 0.596. The number of carbonyl (C=O) groups is 4. The molecule has 2 aromatic carbocycles. The number of amides is 3. The number of fused-ring (bicyclic) bond motifs is 1. The molecule has 2 aromatic rings. The Hall–Kier alpha value is -3.55.